The molecule has 0 radical (unpaired) electrons. The number of hydrogen-bond donors (Lipinski definition) is 2. The molecule has 2 N–H and O–H groups in total. The quantitative estimate of drug-likeness (QED) is 0.737. The molecule has 1 aromatic rings. The SMILES string of the molecule is OB(O)/C=C(/c1ccccc1)C(F)(F)F. The van der Waals surface area contributed by atoms with Crippen LogP contribution in [0.4, 0.5) is 13.2 Å². The largest absolute Gasteiger partial charge is 0.481 e. The van der Waals surface area contributed by atoms with Gasteiger partial charge >= 0.3 is 13.3 Å². The predicted molar refractivity (Wildman–Crippen MR) is 50.7 cm³/mol. The minimum atomic E-state index is -4.61. The first-order valence-electron chi connectivity index (χ1n) is 4.12. The fraction of sp³-hybridized carbons (Fsp3) is 0.111. The molecule has 0 atom stereocenters. The zero-order chi connectivity index (χ0) is 11.5. The fourth-order valence-electron chi connectivity index (χ4n) is 1.12. The molecule has 0 aliphatic carbocycles. The van der Waals surface area contributed by atoms with Gasteiger partial charge in [0.2, 0.25) is 0 Å². The van der Waals surface area contributed by atoms with E-state index in [0.717, 1.165) is 0 Å². The summed E-state index contributed by atoms with van der Waals surface area (Å²) in [6.07, 6.45) is -4.61. The van der Waals surface area contributed by atoms with E-state index < -0.39 is 18.9 Å². The van der Waals surface area contributed by atoms with Crippen molar-refractivity contribution >= 4 is 12.7 Å². The molecule has 0 unspecified atom stereocenters. The number of allylic oxidation sites excluding steroid dienone is 1. The normalized spacial score (nSPS) is 12.7. The molecule has 2 nitrogen and oxygen atoms in total. The van der Waals surface area contributed by atoms with Gasteiger partial charge in [0.1, 0.15) is 0 Å². The Morgan fingerprint density at radius 2 is 1.67 bits per heavy atom. The first-order valence-corrected chi connectivity index (χ1v) is 4.12. The van der Waals surface area contributed by atoms with Gasteiger partial charge in [0.05, 0.1) is 5.57 Å². The Morgan fingerprint density at radius 1 is 1.13 bits per heavy atom. The second kappa shape index (κ2) is 4.50. The van der Waals surface area contributed by atoms with Crippen LogP contribution in [0.2, 0.25) is 0 Å². The first-order chi connectivity index (χ1) is 6.91. The van der Waals surface area contributed by atoms with Crippen LogP contribution in [0, 0.1) is 0 Å². The van der Waals surface area contributed by atoms with Crippen molar-refractivity contribution in [3.63, 3.8) is 0 Å². The monoisotopic (exact) mass is 216 g/mol. The second-order valence-corrected chi connectivity index (χ2v) is 2.86. The van der Waals surface area contributed by atoms with Crippen LogP contribution in [-0.4, -0.2) is 23.3 Å². The van der Waals surface area contributed by atoms with Crippen molar-refractivity contribution in [3.05, 3.63) is 41.9 Å². The molecule has 6 heteroatoms. The Hall–Kier alpha value is -1.27. The van der Waals surface area contributed by atoms with Gasteiger partial charge in [-0.25, -0.2) is 0 Å². The van der Waals surface area contributed by atoms with Gasteiger partial charge < -0.3 is 10.0 Å². The molecular weight excluding hydrogens is 208 g/mol. The lowest BCUT2D eigenvalue weighted by Crippen LogP contribution is -2.16. The third-order valence-electron chi connectivity index (χ3n) is 1.71. The molecule has 0 saturated heterocycles. The third-order valence-corrected chi connectivity index (χ3v) is 1.71. The molecule has 0 saturated carbocycles. The van der Waals surface area contributed by atoms with Gasteiger partial charge in [0, 0.05) is 0 Å². The van der Waals surface area contributed by atoms with E-state index in [9.17, 15) is 13.2 Å². The van der Waals surface area contributed by atoms with E-state index in [4.69, 9.17) is 10.0 Å². The number of rotatable bonds is 2. The minimum absolute atomic E-state index is 0.0990. The van der Waals surface area contributed by atoms with Crippen LogP contribution in [0.5, 0.6) is 0 Å². The van der Waals surface area contributed by atoms with Crippen LogP contribution in [0.25, 0.3) is 5.57 Å². The van der Waals surface area contributed by atoms with E-state index in [-0.39, 0.29) is 5.56 Å². The Labute approximate surface area is 84.8 Å². The molecule has 0 spiro atoms. The lowest BCUT2D eigenvalue weighted by Gasteiger charge is -2.11. The summed E-state index contributed by atoms with van der Waals surface area (Å²) in [5.74, 6) is 0.356. The van der Waals surface area contributed by atoms with Gasteiger partial charge in [-0.05, 0) is 11.5 Å². The van der Waals surface area contributed by atoms with Crippen LogP contribution in [0.15, 0.2) is 36.3 Å². The highest BCUT2D eigenvalue weighted by molar-refractivity contribution is 6.49. The molecule has 0 amide bonds. The highest BCUT2D eigenvalue weighted by atomic mass is 19.4. The number of alkyl halides is 3. The summed E-state index contributed by atoms with van der Waals surface area (Å²) < 4.78 is 37.4. The highest BCUT2D eigenvalue weighted by Crippen LogP contribution is 2.33. The summed E-state index contributed by atoms with van der Waals surface area (Å²) in [5, 5.41) is 17.1. The van der Waals surface area contributed by atoms with Gasteiger partial charge in [0.25, 0.3) is 0 Å². The van der Waals surface area contributed by atoms with Crippen LogP contribution in [-0.2, 0) is 0 Å². The molecule has 1 aromatic carbocycles. The van der Waals surface area contributed by atoms with E-state index in [2.05, 4.69) is 0 Å². The smallest absolute Gasteiger partial charge is 0.424 e. The molecule has 0 aliphatic heterocycles. The third kappa shape index (κ3) is 3.41. The summed E-state index contributed by atoms with van der Waals surface area (Å²) in [5.41, 5.74) is -1.16. The summed E-state index contributed by atoms with van der Waals surface area (Å²) in [7, 11) is -2.12. The number of halogens is 3. The van der Waals surface area contributed by atoms with E-state index >= 15 is 0 Å². The maximum absolute atomic E-state index is 12.5. The fourth-order valence-corrected chi connectivity index (χ4v) is 1.12. The highest BCUT2D eigenvalue weighted by Gasteiger charge is 2.35. The van der Waals surface area contributed by atoms with Crippen LogP contribution in [0.3, 0.4) is 0 Å². The van der Waals surface area contributed by atoms with Gasteiger partial charge in [-0.1, -0.05) is 30.3 Å². The maximum Gasteiger partial charge on any atom is 0.481 e. The van der Waals surface area contributed by atoms with Crippen molar-refractivity contribution in [1.82, 2.24) is 0 Å². The predicted octanol–water partition coefficient (Wildman–Crippen LogP) is 1.64. The Balaban J connectivity index is 3.15. The van der Waals surface area contributed by atoms with Gasteiger partial charge in [0.15, 0.2) is 0 Å². The summed E-state index contributed by atoms with van der Waals surface area (Å²) in [6.45, 7) is 0. The van der Waals surface area contributed by atoms with E-state index in [1.807, 2.05) is 0 Å². The molecular formula is C9H8BF3O2. The molecule has 15 heavy (non-hydrogen) atoms. The zero-order valence-electron chi connectivity index (χ0n) is 7.57. The van der Waals surface area contributed by atoms with Crippen molar-refractivity contribution in [2.24, 2.45) is 0 Å². The molecule has 0 heterocycles. The zero-order valence-corrected chi connectivity index (χ0v) is 7.57. The van der Waals surface area contributed by atoms with Gasteiger partial charge in [-0.15, -0.1) is 0 Å². The van der Waals surface area contributed by atoms with Crippen molar-refractivity contribution in [2.75, 3.05) is 0 Å². The molecule has 0 bridgehead atoms. The lowest BCUT2D eigenvalue weighted by atomic mass is 9.86. The van der Waals surface area contributed by atoms with E-state index in [1.165, 1.54) is 24.3 Å². The van der Waals surface area contributed by atoms with Crippen LogP contribution in [0.1, 0.15) is 5.56 Å². The number of hydrogen-bond acceptors (Lipinski definition) is 2. The summed E-state index contributed by atoms with van der Waals surface area (Å²) in [6, 6.07) is 6.97. The van der Waals surface area contributed by atoms with Crippen LogP contribution >= 0.6 is 0 Å². The van der Waals surface area contributed by atoms with Gasteiger partial charge in [-0.2, -0.15) is 13.2 Å². The summed E-state index contributed by atoms with van der Waals surface area (Å²) in [4.78, 5) is 0. The van der Waals surface area contributed by atoms with E-state index in [0.29, 0.717) is 5.98 Å². The number of benzene rings is 1. The van der Waals surface area contributed by atoms with Crippen molar-refractivity contribution in [1.29, 1.82) is 0 Å². The lowest BCUT2D eigenvalue weighted by molar-refractivity contribution is -0.0689. The Bertz CT molecular complexity index is 346. The maximum atomic E-state index is 12.5. The van der Waals surface area contributed by atoms with Crippen molar-refractivity contribution in [2.45, 2.75) is 6.18 Å². The summed E-state index contributed by atoms with van der Waals surface area (Å²) >= 11 is 0. The second-order valence-electron chi connectivity index (χ2n) is 2.86. The average molecular weight is 216 g/mol. The molecule has 1 rings (SSSR count). The Kier molecular flexibility index (Phi) is 3.54. The average Bonchev–Trinajstić information content (AvgIpc) is 2.14. The molecule has 0 aromatic heterocycles. The molecule has 80 valence electrons. The van der Waals surface area contributed by atoms with Crippen LogP contribution < -0.4 is 0 Å². The minimum Gasteiger partial charge on any atom is -0.424 e. The van der Waals surface area contributed by atoms with E-state index in [1.54, 1.807) is 6.07 Å². The van der Waals surface area contributed by atoms with Crippen molar-refractivity contribution in [3.8, 4) is 0 Å². The Morgan fingerprint density at radius 3 is 2.07 bits per heavy atom. The molecule has 0 fully saturated rings. The molecule has 0 aliphatic rings. The van der Waals surface area contributed by atoms with Crippen molar-refractivity contribution < 1.29 is 23.2 Å². The standard InChI is InChI=1S/C9H8BF3O2/c11-9(12,13)8(6-10(14)15)7-4-2-1-3-5-7/h1-6,14-15H/b8-6-. The topological polar surface area (TPSA) is 40.5 Å². The first kappa shape index (κ1) is 11.8. The van der Waals surface area contributed by atoms with Gasteiger partial charge in [-0.3, -0.25) is 0 Å².